The molecule has 32 heavy (non-hydrogen) atoms. The zero-order valence-corrected chi connectivity index (χ0v) is 21.2. The molecule has 2 aromatic rings. The van der Waals surface area contributed by atoms with Crippen LogP contribution in [-0.2, 0) is 23.9 Å². The molecule has 0 bridgehead atoms. The average molecular weight is 443 g/mol. The second kappa shape index (κ2) is 10.1. The Bertz CT molecular complexity index is 934. The summed E-state index contributed by atoms with van der Waals surface area (Å²) in [6.45, 7) is 17.9. The van der Waals surface area contributed by atoms with E-state index in [1.54, 1.807) is 4.57 Å². The number of phenols is 1. The number of benzene rings is 1. The van der Waals surface area contributed by atoms with E-state index < -0.39 is 6.04 Å². The Morgan fingerprint density at radius 2 is 1.47 bits per heavy atom. The highest BCUT2D eigenvalue weighted by Crippen LogP contribution is 2.41. The summed E-state index contributed by atoms with van der Waals surface area (Å²) in [5.74, 6) is 0.957. The van der Waals surface area contributed by atoms with E-state index in [4.69, 9.17) is 5.41 Å². The molecule has 0 aliphatic carbocycles. The molecule has 1 heterocycles. The van der Waals surface area contributed by atoms with Crippen LogP contribution in [0.3, 0.4) is 0 Å². The summed E-state index contributed by atoms with van der Waals surface area (Å²) in [6, 6.07) is 3.18. The van der Waals surface area contributed by atoms with Gasteiger partial charge >= 0.3 is 0 Å². The van der Waals surface area contributed by atoms with Crippen molar-refractivity contribution < 1.29 is 5.11 Å². The van der Waals surface area contributed by atoms with E-state index in [1.165, 1.54) is 0 Å². The molecule has 2 N–H and O–H groups in total. The maximum atomic E-state index is 11.9. The Hall–Kier alpha value is -2.37. The first-order chi connectivity index (χ1) is 14.8. The van der Waals surface area contributed by atoms with Gasteiger partial charge in [-0.05, 0) is 52.0 Å². The number of nitroso groups, excluding NO2 is 1. The van der Waals surface area contributed by atoms with E-state index in [2.05, 4.69) is 60.6 Å². The van der Waals surface area contributed by atoms with Gasteiger partial charge in [0.15, 0.2) is 0 Å². The lowest BCUT2D eigenvalue weighted by atomic mass is 9.77. The van der Waals surface area contributed by atoms with Gasteiger partial charge < -0.3 is 14.2 Å². The summed E-state index contributed by atoms with van der Waals surface area (Å²) in [5, 5.41) is 23.0. The molecule has 6 heteroatoms. The molecule has 0 aliphatic heterocycles. The van der Waals surface area contributed by atoms with E-state index in [1.807, 2.05) is 29.1 Å². The van der Waals surface area contributed by atoms with Crippen molar-refractivity contribution in [2.45, 2.75) is 105 Å². The summed E-state index contributed by atoms with van der Waals surface area (Å²) in [4.78, 5) is 11.9. The third-order valence-electron chi connectivity index (χ3n) is 6.53. The number of rotatable bonds is 9. The molecule has 0 saturated carbocycles. The summed E-state index contributed by atoms with van der Waals surface area (Å²) in [5.41, 5.74) is 2.24. The van der Waals surface area contributed by atoms with Crippen molar-refractivity contribution in [2.75, 3.05) is 0 Å². The summed E-state index contributed by atoms with van der Waals surface area (Å²) in [7, 11) is 0. The summed E-state index contributed by atoms with van der Waals surface area (Å²) < 4.78 is 3.73. The fourth-order valence-electron chi connectivity index (χ4n) is 4.19. The van der Waals surface area contributed by atoms with Gasteiger partial charge in [-0.25, -0.2) is 0 Å². The van der Waals surface area contributed by atoms with E-state index >= 15 is 0 Å². The molecule has 2 rings (SSSR count). The van der Waals surface area contributed by atoms with Gasteiger partial charge in [0.25, 0.3) is 0 Å². The summed E-state index contributed by atoms with van der Waals surface area (Å²) >= 11 is 0. The van der Waals surface area contributed by atoms with Crippen LogP contribution in [0.25, 0.3) is 0 Å². The van der Waals surface area contributed by atoms with Gasteiger partial charge in [-0.1, -0.05) is 73.4 Å². The molecule has 1 aromatic heterocycles. The predicted octanol–water partition coefficient (Wildman–Crippen LogP) is 6.40. The van der Waals surface area contributed by atoms with Gasteiger partial charge in [-0.2, -0.15) is 4.91 Å². The average Bonchev–Trinajstić information content (AvgIpc) is 3.05. The lowest BCUT2D eigenvalue weighted by Crippen LogP contribution is -2.27. The molecule has 1 atom stereocenters. The topological polar surface area (TPSA) is 83.4 Å². The molecule has 0 radical (unpaired) electrons. The molecular formula is C26H42N4O2. The van der Waals surface area contributed by atoms with Crippen LogP contribution >= 0.6 is 0 Å². The van der Waals surface area contributed by atoms with Crippen LogP contribution < -0.4 is 5.62 Å². The molecule has 1 unspecified atom stereocenters. The third-order valence-corrected chi connectivity index (χ3v) is 6.53. The fourth-order valence-corrected chi connectivity index (χ4v) is 4.19. The Morgan fingerprint density at radius 1 is 0.969 bits per heavy atom. The number of phenolic OH excluding ortho intramolecular Hbond substituents is 1. The second-order valence-electron chi connectivity index (χ2n) is 11.0. The molecule has 0 saturated heterocycles. The van der Waals surface area contributed by atoms with Gasteiger partial charge in [0.05, 0.1) is 6.54 Å². The van der Waals surface area contributed by atoms with E-state index in [9.17, 15) is 10.0 Å². The van der Waals surface area contributed by atoms with Gasteiger partial charge in [0.2, 0.25) is 5.62 Å². The van der Waals surface area contributed by atoms with Gasteiger partial charge in [0, 0.05) is 18.9 Å². The molecular weight excluding hydrogens is 400 g/mol. The van der Waals surface area contributed by atoms with Gasteiger partial charge in [-0.3, -0.25) is 5.41 Å². The molecule has 0 fully saturated rings. The first-order valence-electron chi connectivity index (χ1n) is 11.8. The Balaban J connectivity index is 2.40. The quantitative estimate of drug-likeness (QED) is 0.440. The molecule has 0 amide bonds. The monoisotopic (exact) mass is 442 g/mol. The van der Waals surface area contributed by atoms with E-state index in [-0.39, 0.29) is 10.8 Å². The molecule has 0 aliphatic rings. The van der Waals surface area contributed by atoms with Crippen LogP contribution in [0, 0.1) is 16.2 Å². The second-order valence-corrected chi connectivity index (χ2v) is 11.0. The zero-order valence-electron chi connectivity index (χ0n) is 21.2. The van der Waals surface area contributed by atoms with E-state index in [0.29, 0.717) is 23.8 Å². The number of nitrogens with zero attached hydrogens (tertiary/aromatic N) is 3. The maximum absolute atomic E-state index is 11.9. The van der Waals surface area contributed by atoms with Crippen LogP contribution in [0.5, 0.6) is 5.75 Å². The van der Waals surface area contributed by atoms with Crippen LogP contribution in [0.2, 0.25) is 0 Å². The maximum Gasteiger partial charge on any atom is 0.202 e. The molecule has 0 spiro atoms. The lowest BCUT2D eigenvalue weighted by Gasteiger charge is -2.29. The Kier molecular flexibility index (Phi) is 8.13. The minimum Gasteiger partial charge on any atom is -0.507 e. The zero-order chi connectivity index (χ0) is 24.3. The minimum atomic E-state index is -0.637. The number of hydrogen-bond acceptors (Lipinski definition) is 4. The Labute approximate surface area is 193 Å². The van der Waals surface area contributed by atoms with Crippen molar-refractivity contribution in [2.24, 2.45) is 11.1 Å². The van der Waals surface area contributed by atoms with Crippen molar-refractivity contribution in [1.29, 1.82) is 5.41 Å². The molecule has 1 aromatic carbocycles. The van der Waals surface area contributed by atoms with Gasteiger partial charge in [0.1, 0.15) is 11.8 Å². The van der Waals surface area contributed by atoms with Crippen LogP contribution in [0.4, 0.5) is 0 Å². The van der Waals surface area contributed by atoms with Crippen molar-refractivity contribution in [3.63, 3.8) is 0 Å². The van der Waals surface area contributed by atoms with E-state index in [0.717, 1.165) is 42.5 Å². The highest BCUT2D eigenvalue weighted by Gasteiger charge is 2.28. The van der Waals surface area contributed by atoms with Gasteiger partial charge in [-0.15, -0.1) is 0 Å². The van der Waals surface area contributed by atoms with Crippen LogP contribution in [0.15, 0.2) is 29.7 Å². The Morgan fingerprint density at radius 3 is 1.91 bits per heavy atom. The van der Waals surface area contributed by atoms with Crippen molar-refractivity contribution in [3.8, 4) is 5.75 Å². The number of aromatic hydroxyl groups is 1. The highest BCUT2D eigenvalue weighted by atomic mass is 16.3. The third kappa shape index (κ3) is 5.90. The minimum absolute atomic E-state index is 0.278. The smallest absolute Gasteiger partial charge is 0.202 e. The van der Waals surface area contributed by atoms with Crippen molar-refractivity contribution in [1.82, 2.24) is 9.13 Å². The van der Waals surface area contributed by atoms with Crippen LogP contribution in [0.1, 0.15) is 97.4 Å². The highest BCUT2D eigenvalue weighted by molar-refractivity contribution is 5.50. The number of imidazole rings is 1. The number of aryl methyl sites for hydroxylation is 1. The first kappa shape index (κ1) is 25.9. The number of nitrogens with one attached hydrogen (secondary N) is 1. The SMILES string of the molecule is CCC(CC)CCn1ccn(CC(N=O)c2cc(C(C)(C)C)c(O)c(C(C)(C)C)c2)c1=N. The largest absolute Gasteiger partial charge is 0.507 e. The standard InChI is InChI=1S/C26H42N4O2/c1-9-18(10-2)11-12-29-13-14-30(24(29)27)17-22(28-32)19-15-20(25(3,4)5)23(31)21(16-19)26(6,7)8/h13-16,18,22,27,31H,9-12,17H2,1-8H3. The van der Waals surface area contributed by atoms with Crippen molar-refractivity contribution >= 4 is 0 Å². The van der Waals surface area contributed by atoms with Crippen LogP contribution in [-0.4, -0.2) is 14.2 Å². The first-order valence-corrected chi connectivity index (χ1v) is 11.8. The normalized spacial score (nSPS) is 13.5. The number of aromatic nitrogens is 2. The molecule has 6 nitrogen and oxygen atoms in total. The number of hydrogen-bond donors (Lipinski definition) is 2. The molecule has 178 valence electrons. The fraction of sp³-hybridized carbons (Fsp3) is 0.654. The predicted molar refractivity (Wildman–Crippen MR) is 131 cm³/mol. The van der Waals surface area contributed by atoms with Crippen molar-refractivity contribution in [3.05, 3.63) is 51.7 Å². The summed E-state index contributed by atoms with van der Waals surface area (Å²) in [6.07, 6.45) is 7.13. The lowest BCUT2D eigenvalue weighted by molar-refractivity contribution is 0.410.